The van der Waals surface area contributed by atoms with Gasteiger partial charge in [0.25, 0.3) is 0 Å². The second kappa shape index (κ2) is 9.44. The van der Waals surface area contributed by atoms with Gasteiger partial charge in [-0.3, -0.25) is 4.79 Å². The van der Waals surface area contributed by atoms with Crippen molar-refractivity contribution in [2.75, 3.05) is 12.8 Å². The number of aromatic nitrogens is 3. The molecule has 2 N–H and O–H groups in total. The molecule has 1 aliphatic carbocycles. The smallest absolute Gasteiger partial charge is 0.312 e. The number of nitrogens with two attached hydrogens (primary N) is 1. The average Bonchev–Trinajstić information content (AvgIpc) is 3.35. The number of ether oxygens (including phenoxy) is 2. The summed E-state index contributed by atoms with van der Waals surface area (Å²) >= 11 is 3.18. The summed E-state index contributed by atoms with van der Waals surface area (Å²) in [6.45, 7) is -0.00296. The van der Waals surface area contributed by atoms with Crippen molar-refractivity contribution in [3.8, 4) is 16.3 Å². The SMILES string of the molecule is COc1ccc(-c2nc(CC(=O)OCc3nc(N)c4c5c(sc4n3)CCCCC5)cs2)cc1. The number of nitrogens with zero attached hydrogens (tertiary/aromatic N) is 3. The molecule has 1 aliphatic rings. The molecule has 0 saturated heterocycles. The summed E-state index contributed by atoms with van der Waals surface area (Å²) in [5.74, 6) is 1.33. The van der Waals surface area contributed by atoms with Crippen LogP contribution < -0.4 is 10.5 Å². The molecular formula is C24H24N4O3S2. The first kappa shape index (κ1) is 21.8. The van der Waals surface area contributed by atoms with Crippen LogP contribution in [0, 0.1) is 0 Å². The number of anilines is 1. The van der Waals surface area contributed by atoms with E-state index in [2.05, 4.69) is 15.0 Å². The lowest BCUT2D eigenvalue weighted by Gasteiger charge is -2.06. The van der Waals surface area contributed by atoms with Gasteiger partial charge in [-0.2, -0.15) is 0 Å². The number of esters is 1. The molecule has 0 unspecified atom stereocenters. The van der Waals surface area contributed by atoms with Gasteiger partial charge >= 0.3 is 5.97 Å². The Morgan fingerprint density at radius 2 is 1.91 bits per heavy atom. The maximum absolute atomic E-state index is 12.4. The predicted octanol–water partition coefficient (Wildman–Crippen LogP) is 4.96. The summed E-state index contributed by atoms with van der Waals surface area (Å²) in [4.78, 5) is 28.3. The first-order valence-corrected chi connectivity index (χ1v) is 12.6. The Morgan fingerprint density at radius 1 is 1.09 bits per heavy atom. The molecule has 170 valence electrons. The van der Waals surface area contributed by atoms with Crippen LogP contribution in [0.1, 0.15) is 41.2 Å². The normalized spacial score (nSPS) is 13.5. The highest BCUT2D eigenvalue weighted by Crippen LogP contribution is 2.37. The van der Waals surface area contributed by atoms with Crippen LogP contribution in [0.15, 0.2) is 29.6 Å². The largest absolute Gasteiger partial charge is 0.497 e. The van der Waals surface area contributed by atoms with Gasteiger partial charge in [0, 0.05) is 15.8 Å². The Bertz CT molecular complexity index is 1300. The molecule has 7 nitrogen and oxygen atoms in total. The van der Waals surface area contributed by atoms with Gasteiger partial charge in [0.15, 0.2) is 12.4 Å². The summed E-state index contributed by atoms with van der Waals surface area (Å²) in [5, 5.41) is 3.71. The third-order valence-corrected chi connectivity index (χ3v) is 7.84. The molecule has 1 aromatic carbocycles. The zero-order chi connectivity index (χ0) is 22.8. The molecule has 0 aliphatic heterocycles. The third kappa shape index (κ3) is 4.69. The lowest BCUT2D eigenvalue weighted by molar-refractivity contribution is -0.144. The molecule has 0 amide bonds. The minimum Gasteiger partial charge on any atom is -0.497 e. The van der Waals surface area contributed by atoms with E-state index in [0.29, 0.717) is 17.3 Å². The van der Waals surface area contributed by atoms with Crippen LogP contribution in [0.4, 0.5) is 5.82 Å². The van der Waals surface area contributed by atoms with E-state index in [-0.39, 0.29) is 19.0 Å². The first-order valence-electron chi connectivity index (χ1n) is 10.9. The van der Waals surface area contributed by atoms with Crippen LogP contribution in [-0.2, 0) is 35.4 Å². The number of hydrogen-bond donors (Lipinski definition) is 1. The molecule has 0 bridgehead atoms. The van der Waals surface area contributed by atoms with Gasteiger partial charge in [0.1, 0.15) is 21.4 Å². The van der Waals surface area contributed by atoms with Crippen molar-refractivity contribution in [1.29, 1.82) is 0 Å². The van der Waals surface area contributed by atoms with E-state index in [1.165, 1.54) is 41.0 Å². The molecule has 4 aromatic rings. The number of thiazole rings is 1. The summed E-state index contributed by atoms with van der Waals surface area (Å²) in [5.41, 5.74) is 9.24. The number of carbonyl (C=O) groups is 1. The van der Waals surface area contributed by atoms with Gasteiger partial charge < -0.3 is 15.2 Å². The highest BCUT2D eigenvalue weighted by atomic mass is 32.1. The standard InChI is InChI=1S/C24H24N4O3S2/c1-30-16-9-7-14(8-10-16)23-26-15(13-32-23)11-20(29)31-12-19-27-22(25)21-17-5-3-2-4-6-18(17)33-24(21)28-19/h7-10,13H,2-6,11-12H2,1H3,(H2,25,27,28). The van der Waals surface area contributed by atoms with Gasteiger partial charge in [-0.05, 0) is 55.5 Å². The highest BCUT2D eigenvalue weighted by molar-refractivity contribution is 7.19. The molecule has 0 atom stereocenters. The van der Waals surface area contributed by atoms with E-state index in [1.807, 2.05) is 29.6 Å². The zero-order valence-electron chi connectivity index (χ0n) is 18.3. The Balaban J connectivity index is 1.23. The Morgan fingerprint density at radius 3 is 2.73 bits per heavy atom. The number of benzene rings is 1. The Kier molecular flexibility index (Phi) is 6.24. The molecule has 3 heterocycles. The maximum atomic E-state index is 12.4. The van der Waals surface area contributed by atoms with Gasteiger partial charge in [-0.1, -0.05) is 6.42 Å². The molecule has 0 spiro atoms. The fraction of sp³-hybridized carbons (Fsp3) is 0.333. The van der Waals surface area contributed by atoms with Crippen molar-refractivity contribution in [2.24, 2.45) is 0 Å². The number of rotatable bonds is 6. The Labute approximate surface area is 199 Å². The second-order valence-corrected chi connectivity index (χ2v) is 9.92. The summed E-state index contributed by atoms with van der Waals surface area (Å²) in [6, 6.07) is 7.67. The number of nitrogen functional groups attached to an aromatic ring is 1. The van der Waals surface area contributed by atoms with Crippen LogP contribution >= 0.6 is 22.7 Å². The lowest BCUT2D eigenvalue weighted by Crippen LogP contribution is -2.10. The molecule has 0 radical (unpaired) electrons. The van der Waals surface area contributed by atoms with E-state index in [0.717, 1.165) is 39.4 Å². The van der Waals surface area contributed by atoms with Crippen molar-refractivity contribution >= 4 is 44.7 Å². The van der Waals surface area contributed by atoms with E-state index in [4.69, 9.17) is 15.2 Å². The number of fused-ring (bicyclic) bond motifs is 3. The average molecular weight is 481 g/mol. The second-order valence-electron chi connectivity index (χ2n) is 7.98. The van der Waals surface area contributed by atoms with Crippen LogP contribution in [-0.4, -0.2) is 28.0 Å². The van der Waals surface area contributed by atoms with E-state index in [9.17, 15) is 4.79 Å². The molecule has 5 rings (SSSR count). The van der Waals surface area contributed by atoms with Crippen LogP contribution in [0.25, 0.3) is 20.8 Å². The van der Waals surface area contributed by atoms with Crippen molar-refractivity contribution in [3.05, 3.63) is 51.6 Å². The van der Waals surface area contributed by atoms with Crippen molar-refractivity contribution in [3.63, 3.8) is 0 Å². The van der Waals surface area contributed by atoms with Crippen LogP contribution in [0.2, 0.25) is 0 Å². The minimum absolute atomic E-state index is 0.00296. The molecule has 0 saturated carbocycles. The van der Waals surface area contributed by atoms with E-state index < -0.39 is 0 Å². The summed E-state index contributed by atoms with van der Waals surface area (Å²) in [7, 11) is 1.63. The van der Waals surface area contributed by atoms with Gasteiger partial charge in [-0.25, -0.2) is 15.0 Å². The van der Waals surface area contributed by atoms with Gasteiger partial charge in [0.05, 0.1) is 24.6 Å². The van der Waals surface area contributed by atoms with Gasteiger partial charge in [0.2, 0.25) is 0 Å². The molecule has 3 aromatic heterocycles. The van der Waals surface area contributed by atoms with E-state index in [1.54, 1.807) is 18.4 Å². The molecule has 0 fully saturated rings. The van der Waals surface area contributed by atoms with Gasteiger partial charge in [-0.15, -0.1) is 22.7 Å². The number of thiophene rings is 1. The number of methoxy groups -OCH3 is 1. The topological polar surface area (TPSA) is 100 Å². The van der Waals surface area contributed by atoms with E-state index >= 15 is 0 Å². The third-order valence-electron chi connectivity index (χ3n) is 5.72. The zero-order valence-corrected chi connectivity index (χ0v) is 19.9. The first-order chi connectivity index (χ1) is 16.1. The number of carbonyl (C=O) groups excluding carboxylic acids is 1. The van der Waals surface area contributed by atoms with Crippen molar-refractivity contribution in [1.82, 2.24) is 15.0 Å². The predicted molar refractivity (Wildman–Crippen MR) is 131 cm³/mol. The molecule has 9 heteroatoms. The maximum Gasteiger partial charge on any atom is 0.312 e. The minimum atomic E-state index is -0.370. The lowest BCUT2D eigenvalue weighted by atomic mass is 10.1. The van der Waals surface area contributed by atoms with Crippen molar-refractivity contribution in [2.45, 2.75) is 45.1 Å². The van der Waals surface area contributed by atoms with Crippen LogP contribution in [0.3, 0.4) is 0 Å². The summed E-state index contributed by atoms with van der Waals surface area (Å²) < 4.78 is 10.6. The number of aryl methyl sites for hydroxylation is 2. The molecule has 33 heavy (non-hydrogen) atoms. The quantitative estimate of drug-likeness (QED) is 0.307. The van der Waals surface area contributed by atoms with Crippen LogP contribution in [0.5, 0.6) is 5.75 Å². The number of hydrogen-bond acceptors (Lipinski definition) is 9. The highest BCUT2D eigenvalue weighted by Gasteiger charge is 2.20. The van der Waals surface area contributed by atoms with Crippen molar-refractivity contribution < 1.29 is 14.3 Å². The fourth-order valence-corrected chi connectivity index (χ4v) is 6.18. The monoisotopic (exact) mass is 480 g/mol. The summed E-state index contributed by atoms with van der Waals surface area (Å²) in [6.07, 6.45) is 5.83. The Hall–Kier alpha value is -3.04. The molecular weight excluding hydrogens is 456 g/mol. The fourth-order valence-electron chi connectivity index (χ4n) is 4.07.